The Hall–Kier alpha value is -1.39. The zero-order chi connectivity index (χ0) is 18.3. The standard InChI is InChI=1S/C23H34N4/c1-2-27-21-10-4-3-9-20(21)24-22(27)16-26-14-12-23(18-26)11-6-13-25(17-23)15-19-7-5-8-19/h3-4,9-10,19H,2,5-8,11-18H2,1H3/t23-/m0/s1. The van der Waals surface area contributed by atoms with Crippen molar-refractivity contribution in [3.8, 4) is 0 Å². The number of hydrogen-bond acceptors (Lipinski definition) is 3. The molecule has 4 nitrogen and oxygen atoms in total. The number of para-hydroxylation sites is 2. The third kappa shape index (κ3) is 3.42. The van der Waals surface area contributed by atoms with Crippen LogP contribution in [0.2, 0.25) is 0 Å². The van der Waals surface area contributed by atoms with Crippen molar-refractivity contribution in [3.05, 3.63) is 30.1 Å². The largest absolute Gasteiger partial charge is 0.327 e. The van der Waals surface area contributed by atoms with E-state index in [2.05, 4.69) is 45.6 Å². The first-order valence-corrected chi connectivity index (χ1v) is 11.1. The molecule has 1 spiro atoms. The number of fused-ring (bicyclic) bond motifs is 1. The Morgan fingerprint density at radius 3 is 2.70 bits per heavy atom. The van der Waals surface area contributed by atoms with Crippen LogP contribution in [0.5, 0.6) is 0 Å². The fourth-order valence-corrected chi connectivity index (χ4v) is 5.80. The molecule has 146 valence electrons. The van der Waals surface area contributed by atoms with Crippen LogP contribution in [0.1, 0.15) is 51.3 Å². The fraction of sp³-hybridized carbons (Fsp3) is 0.696. The molecule has 27 heavy (non-hydrogen) atoms. The van der Waals surface area contributed by atoms with Crippen LogP contribution in [0.4, 0.5) is 0 Å². The van der Waals surface area contributed by atoms with Crippen molar-refractivity contribution >= 4 is 11.0 Å². The summed E-state index contributed by atoms with van der Waals surface area (Å²) < 4.78 is 2.41. The highest BCUT2D eigenvalue weighted by molar-refractivity contribution is 5.75. The lowest BCUT2D eigenvalue weighted by Gasteiger charge is -2.43. The van der Waals surface area contributed by atoms with Gasteiger partial charge in [-0.1, -0.05) is 18.6 Å². The minimum absolute atomic E-state index is 0.547. The van der Waals surface area contributed by atoms with Crippen molar-refractivity contribution < 1.29 is 0 Å². The number of likely N-dealkylation sites (tertiary alicyclic amines) is 2. The molecule has 5 rings (SSSR count). The maximum absolute atomic E-state index is 4.96. The summed E-state index contributed by atoms with van der Waals surface area (Å²) in [4.78, 5) is 10.4. The van der Waals surface area contributed by atoms with Gasteiger partial charge in [0.1, 0.15) is 5.82 Å². The maximum atomic E-state index is 4.96. The molecule has 0 bridgehead atoms. The van der Waals surface area contributed by atoms with Crippen LogP contribution in [0, 0.1) is 11.3 Å². The van der Waals surface area contributed by atoms with E-state index in [-0.39, 0.29) is 0 Å². The van der Waals surface area contributed by atoms with Crippen molar-refractivity contribution in [1.29, 1.82) is 0 Å². The summed E-state index contributed by atoms with van der Waals surface area (Å²) in [5, 5.41) is 0. The van der Waals surface area contributed by atoms with Gasteiger partial charge in [-0.2, -0.15) is 0 Å². The molecule has 2 aromatic rings. The minimum atomic E-state index is 0.547. The molecule has 1 aromatic heterocycles. The van der Waals surface area contributed by atoms with Gasteiger partial charge in [0, 0.05) is 26.2 Å². The van der Waals surface area contributed by atoms with Crippen LogP contribution in [0.25, 0.3) is 11.0 Å². The number of benzene rings is 1. The number of hydrogen-bond donors (Lipinski definition) is 0. The Labute approximate surface area is 163 Å². The molecule has 1 aromatic carbocycles. The molecule has 0 unspecified atom stereocenters. The molecular weight excluding hydrogens is 332 g/mol. The lowest BCUT2D eigenvalue weighted by Crippen LogP contribution is -2.47. The third-order valence-electron chi connectivity index (χ3n) is 7.41. The second-order valence-electron chi connectivity index (χ2n) is 9.36. The average molecular weight is 367 g/mol. The van der Waals surface area contributed by atoms with Crippen molar-refractivity contribution in [1.82, 2.24) is 19.4 Å². The summed E-state index contributed by atoms with van der Waals surface area (Å²) in [7, 11) is 0. The summed E-state index contributed by atoms with van der Waals surface area (Å²) in [6.45, 7) is 10.8. The summed E-state index contributed by atoms with van der Waals surface area (Å²) >= 11 is 0. The molecule has 4 heteroatoms. The first-order chi connectivity index (χ1) is 13.2. The topological polar surface area (TPSA) is 24.3 Å². The van der Waals surface area contributed by atoms with Crippen LogP contribution < -0.4 is 0 Å². The Bertz CT molecular complexity index is 793. The van der Waals surface area contributed by atoms with E-state index >= 15 is 0 Å². The summed E-state index contributed by atoms with van der Waals surface area (Å²) in [5.74, 6) is 2.25. The molecule has 3 heterocycles. The fourth-order valence-electron chi connectivity index (χ4n) is 5.80. The van der Waals surface area contributed by atoms with Crippen molar-refractivity contribution in [2.75, 3.05) is 32.7 Å². The summed E-state index contributed by atoms with van der Waals surface area (Å²) in [6, 6.07) is 8.59. The smallest absolute Gasteiger partial charge is 0.124 e. The molecule has 3 fully saturated rings. The van der Waals surface area contributed by atoms with E-state index in [1.54, 1.807) is 0 Å². The van der Waals surface area contributed by atoms with Gasteiger partial charge in [0.2, 0.25) is 0 Å². The zero-order valence-electron chi connectivity index (χ0n) is 16.9. The molecule has 1 saturated carbocycles. The van der Waals surface area contributed by atoms with Crippen LogP contribution in [0.15, 0.2) is 24.3 Å². The minimum Gasteiger partial charge on any atom is -0.327 e. The Morgan fingerprint density at radius 2 is 1.89 bits per heavy atom. The molecule has 2 saturated heterocycles. The normalized spacial score (nSPS) is 27.6. The number of rotatable bonds is 5. The lowest BCUT2D eigenvalue weighted by molar-refractivity contribution is 0.0666. The Balaban J connectivity index is 1.27. The average Bonchev–Trinajstić information content (AvgIpc) is 3.19. The van der Waals surface area contributed by atoms with E-state index in [4.69, 9.17) is 4.98 Å². The number of nitrogens with zero attached hydrogens (tertiary/aromatic N) is 4. The van der Waals surface area contributed by atoms with Gasteiger partial charge in [-0.3, -0.25) is 4.90 Å². The van der Waals surface area contributed by atoms with Crippen LogP contribution in [-0.4, -0.2) is 52.1 Å². The maximum Gasteiger partial charge on any atom is 0.124 e. The lowest BCUT2D eigenvalue weighted by atomic mass is 9.78. The highest BCUT2D eigenvalue weighted by atomic mass is 15.2. The highest BCUT2D eigenvalue weighted by Gasteiger charge is 2.42. The quantitative estimate of drug-likeness (QED) is 0.795. The molecule has 2 aliphatic heterocycles. The monoisotopic (exact) mass is 366 g/mol. The van der Waals surface area contributed by atoms with Crippen molar-refractivity contribution in [2.45, 2.75) is 58.5 Å². The van der Waals surface area contributed by atoms with Crippen molar-refractivity contribution in [2.24, 2.45) is 11.3 Å². The van der Waals surface area contributed by atoms with Gasteiger partial charge in [0.25, 0.3) is 0 Å². The van der Waals surface area contributed by atoms with Gasteiger partial charge in [0.05, 0.1) is 17.6 Å². The van der Waals surface area contributed by atoms with E-state index in [0.29, 0.717) is 5.41 Å². The summed E-state index contributed by atoms with van der Waals surface area (Å²) in [5.41, 5.74) is 2.98. The second-order valence-corrected chi connectivity index (χ2v) is 9.36. The van der Waals surface area contributed by atoms with Crippen molar-refractivity contribution in [3.63, 3.8) is 0 Å². The van der Waals surface area contributed by atoms with Crippen LogP contribution >= 0.6 is 0 Å². The van der Waals surface area contributed by atoms with Crippen LogP contribution in [-0.2, 0) is 13.1 Å². The van der Waals surface area contributed by atoms with Gasteiger partial charge in [-0.05, 0) is 75.6 Å². The Kier molecular flexibility index (Phi) is 4.73. The number of aryl methyl sites for hydroxylation is 1. The zero-order valence-corrected chi connectivity index (χ0v) is 16.9. The van der Waals surface area contributed by atoms with Crippen LogP contribution in [0.3, 0.4) is 0 Å². The number of piperidine rings is 1. The predicted octanol–water partition coefficient (Wildman–Crippen LogP) is 4.14. The highest BCUT2D eigenvalue weighted by Crippen LogP contribution is 2.40. The Morgan fingerprint density at radius 1 is 1.04 bits per heavy atom. The molecule has 0 amide bonds. The van der Waals surface area contributed by atoms with E-state index in [1.165, 1.54) is 82.6 Å². The predicted molar refractivity (Wildman–Crippen MR) is 111 cm³/mol. The van der Waals surface area contributed by atoms with Gasteiger partial charge >= 0.3 is 0 Å². The molecule has 1 aliphatic carbocycles. The van der Waals surface area contributed by atoms with E-state index in [9.17, 15) is 0 Å². The first kappa shape index (κ1) is 17.7. The van der Waals surface area contributed by atoms with E-state index in [1.807, 2.05) is 0 Å². The molecular formula is C23H34N4. The molecule has 0 N–H and O–H groups in total. The van der Waals surface area contributed by atoms with Gasteiger partial charge < -0.3 is 9.47 Å². The number of imidazole rings is 1. The summed E-state index contributed by atoms with van der Waals surface area (Å²) in [6.07, 6.45) is 8.62. The molecule has 0 radical (unpaired) electrons. The molecule has 3 aliphatic rings. The molecule has 1 atom stereocenters. The van der Waals surface area contributed by atoms with Gasteiger partial charge in [0.15, 0.2) is 0 Å². The first-order valence-electron chi connectivity index (χ1n) is 11.1. The van der Waals surface area contributed by atoms with Gasteiger partial charge in [-0.15, -0.1) is 0 Å². The van der Waals surface area contributed by atoms with E-state index in [0.717, 1.165) is 24.5 Å². The number of aromatic nitrogens is 2. The van der Waals surface area contributed by atoms with E-state index < -0.39 is 0 Å². The second kappa shape index (κ2) is 7.21. The van der Waals surface area contributed by atoms with Gasteiger partial charge in [-0.25, -0.2) is 4.98 Å². The SMILES string of the molecule is CCn1c(CN2CC[C@]3(CCCN(CC4CCC4)C3)C2)nc2ccccc21. The third-order valence-corrected chi connectivity index (χ3v) is 7.41.